The Balaban J connectivity index is 0.00000145. The normalized spacial score (nSPS) is 14.9. The van der Waals surface area contributed by atoms with Gasteiger partial charge in [-0.15, -0.1) is 0 Å². The average molecular weight is 509 g/mol. The van der Waals surface area contributed by atoms with Crippen LogP contribution in [0.2, 0.25) is 0 Å². The Morgan fingerprint density at radius 2 is 1.86 bits per heavy atom. The van der Waals surface area contributed by atoms with Gasteiger partial charge in [0.15, 0.2) is 5.60 Å². The molecule has 1 aliphatic heterocycles. The molecule has 0 saturated heterocycles. The summed E-state index contributed by atoms with van der Waals surface area (Å²) < 4.78 is 62.2. The molecule has 8 heteroatoms. The number of halogens is 4. The summed E-state index contributed by atoms with van der Waals surface area (Å²) in [6.07, 6.45) is -0.842. The Kier molecular flexibility index (Phi) is 9.71. The molecular weight excluding hydrogens is 472 g/mol. The molecule has 2 N–H and O–H groups in total. The SMILES string of the molecule is C=Cc1c(N=CC)cccc1NCC(O)(CC(C)(C)c1cc(F)cc2c1OCC2)C(F)(F)F.CCC. The molecule has 0 fully saturated rings. The number of hydrogen-bond acceptors (Lipinski definition) is 4. The van der Waals surface area contributed by atoms with Crippen LogP contribution in [0, 0.1) is 5.82 Å². The quantitative estimate of drug-likeness (QED) is 0.285. The number of nitrogens with zero attached hydrogens (tertiary/aromatic N) is 1. The van der Waals surface area contributed by atoms with Gasteiger partial charge in [-0.3, -0.25) is 4.99 Å². The molecule has 0 saturated carbocycles. The van der Waals surface area contributed by atoms with E-state index in [0.29, 0.717) is 46.8 Å². The number of alkyl halides is 3. The lowest BCUT2D eigenvalue weighted by molar-refractivity contribution is -0.260. The van der Waals surface area contributed by atoms with Gasteiger partial charge in [-0.25, -0.2) is 4.39 Å². The van der Waals surface area contributed by atoms with Crippen molar-refractivity contribution in [2.45, 2.75) is 71.1 Å². The maximum absolute atomic E-state index is 14.2. The van der Waals surface area contributed by atoms with E-state index < -0.39 is 36.0 Å². The van der Waals surface area contributed by atoms with Crippen molar-refractivity contribution in [3.05, 3.63) is 59.4 Å². The maximum atomic E-state index is 14.2. The van der Waals surface area contributed by atoms with E-state index in [-0.39, 0.29) is 0 Å². The molecule has 0 amide bonds. The summed E-state index contributed by atoms with van der Waals surface area (Å²) in [5, 5.41) is 13.6. The summed E-state index contributed by atoms with van der Waals surface area (Å²) >= 11 is 0. The fraction of sp³-hybridized carbons (Fsp3) is 0.464. The monoisotopic (exact) mass is 508 g/mol. The minimum Gasteiger partial charge on any atom is -0.493 e. The van der Waals surface area contributed by atoms with Crippen molar-refractivity contribution in [2.75, 3.05) is 18.5 Å². The zero-order valence-electron chi connectivity index (χ0n) is 21.6. The fourth-order valence-corrected chi connectivity index (χ4v) is 4.28. The van der Waals surface area contributed by atoms with Gasteiger partial charge >= 0.3 is 6.18 Å². The minimum absolute atomic E-state index is 0.309. The largest absolute Gasteiger partial charge is 0.493 e. The summed E-state index contributed by atoms with van der Waals surface area (Å²) in [6.45, 7) is 12.3. The van der Waals surface area contributed by atoms with Crippen LogP contribution in [0.3, 0.4) is 0 Å². The van der Waals surface area contributed by atoms with Crippen LogP contribution in [-0.2, 0) is 11.8 Å². The summed E-state index contributed by atoms with van der Waals surface area (Å²) in [5.41, 5.74) is -1.98. The maximum Gasteiger partial charge on any atom is 0.418 e. The smallest absolute Gasteiger partial charge is 0.418 e. The van der Waals surface area contributed by atoms with Gasteiger partial charge in [0.2, 0.25) is 0 Å². The van der Waals surface area contributed by atoms with Gasteiger partial charge < -0.3 is 15.2 Å². The van der Waals surface area contributed by atoms with E-state index in [1.165, 1.54) is 24.6 Å². The molecule has 0 spiro atoms. The Labute approximate surface area is 211 Å². The second kappa shape index (κ2) is 11.9. The Hall–Kier alpha value is -2.87. The highest BCUT2D eigenvalue weighted by Crippen LogP contribution is 2.46. The van der Waals surface area contributed by atoms with Crippen molar-refractivity contribution < 1.29 is 27.4 Å². The van der Waals surface area contributed by atoms with Gasteiger partial charge in [-0.1, -0.05) is 52.8 Å². The Morgan fingerprint density at radius 3 is 2.44 bits per heavy atom. The molecule has 2 aromatic rings. The first kappa shape index (κ1) is 29.4. The van der Waals surface area contributed by atoms with Crippen LogP contribution < -0.4 is 10.1 Å². The zero-order valence-corrected chi connectivity index (χ0v) is 21.6. The standard InChI is InChI=1S/C25H28F4N2O2.C3H8/c1-5-18-20(30-6-2)8-7-9-21(18)31-15-24(32,25(27,28)29)14-23(3,4)19-13-17(26)12-16-10-11-33-22(16)19;1-3-2/h5-9,12-13,31-32H,1,10-11,14-15H2,2-4H3;3H2,1-2H3. The van der Waals surface area contributed by atoms with Crippen molar-refractivity contribution in [2.24, 2.45) is 4.99 Å². The van der Waals surface area contributed by atoms with Crippen LogP contribution in [0.25, 0.3) is 6.08 Å². The van der Waals surface area contributed by atoms with Gasteiger partial charge in [0.25, 0.3) is 0 Å². The van der Waals surface area contributed by atoms with Crippen molar-refractivity contribution >= 4 is 23.7 Å². The zero-order chi connectivity index (χ0) is 27.1. The number of rotatable bonds is 8. The predicted octanol–water partition coefficient (Wildman–Crippen LogP) is 7.62. The summed E-state index contributed by atoms with van der Waals surface area (Å²) in [4.78, 5) is 4.20. The third-order valence-corrected chi connectivity index (χ3v) is 5.87. The number of fused-ring (bicyclic) bond motifs is 1. The summed E-state index contributed by atoms with van der Waals surface area (Å²) in [5.74, 6) is -0.141. The van der Waals surface area contributed by atoms with Crippen LogP contribution in [0.15, 0.2) is 41.9 Å². The summed E-state index contributed by atoms with van der Waals surface area (Å²) in [6, 6.07) is 7.49. The molecule has 0 aliphatic carbocycles. The molecular formula is C28H36F4N2O2. The lowest BCUT2D eigenvalue weighted by atomic mass is 9.74. The van der Waals surface area contributed by atoms with Crippen molar-refractivity contribution in [3.63, 3.8) is 0 Å². The lowest BCUT2D eigenvalue weighted by Crippen LogP contribution is -2.53. The molecule has 36 heavy (non-hydrogen) atoms. The molecule has 1 heterocycles. The van der Waals surface area contributed by atoms with E-state index in [9.17, 15) is 22.7 Å². The van der Waals surface area contributed by atoms with Crippen LogP contribution in [-0.4, -0.2) is 36.3 Å². The van der Waals surface area contributed by atoms with Crippen LogP contribution in [0.4, 0.5) is 28.9 Å². The van der Waals surface area contributed by atoms with Crippen molar-refractivity contribution in [1.29, 1.82) is 0 Å². The van der Waals surface area contributed by atoms with Crippen LogP contribution >= 0.6 is 0 Å². The van der Waals surface area contributed by atoms with Crippen LogP contribution in [0.1, 0.15) is 64.2 Å². The Morgan fingerprint density at radius 1 is 1.19 bits per heavy atom. The van der Waals surface area contributed by atoms with Gasteiger partial charge in [0.1, 0.15) is 11.6 Å². The van der Waals surface area contributed by atoms with E-state index >= 15 is 0 Å². The van der Waals surface area contributed by atoms with Gasteiger partial charge in [-0.05, 0) is 43.0 Å². The van der Waals surface area contributed by atoms with Gasteiger partial charge in [0, 0.05) is 35.0 Å². The molecule has 4 nitrogen and oxygen atoms in total. The van der Waals surface area contributed by atoms with E-state index in [1.807, 2.05) is 0 Å². The molecule has 198 valence electrons. The second-order valence-electron chi connectivity index (χ2n) is 9.52. The number of hydrogen-bond donors (Lipinski definition) is 2. The lowest BCUT2D eigenvalue weighted by Gasteiger charge is -2.38. The molecule has 0 radical (unpaired) electrons. The molecule has 0 aromatic heterocycles. The summed E-state index contributed by atoms with van der Waals surface area (Å²) in [7, 11) is 0. The molecule has 1 aliphatic rings. The number of anilines is 1. The highest BCUT2D eigenvalue weighted by molar-refractivity contribution is 5.78. The van der Waals surface area contributed by atoms with E-state index in [1.54, 1.807) is 45.2 Å². The first-order chi connectivity index (χ1) is 16.8. The number of benzene rings is 2. The van der Waals surface area contributed by atoms with E-state index in [0.717, 1.165) is 0 Å². The number of aliphatic hydroxyl groups is 1. The number of nitrogens with one attached hydrogen (secondary N) is 1. The first-order valence-electron chi connectivity index (χ1n) is 12.1. The fourth-order valence-electron chi connectivity index (χ4n) is 4.28. The Bertz CT molecular complexity index is 1080. The van der Waals surface area contributed by atoms with Gasteiger partial charge in [-0.2, -0.15) is 13.2 Å². The molecule has 0 bridgehead atoms. The third kappa shape index (κ3) is 6.66. The molecule has 3 rings (SSSR count). The molecule has 1 unspecified atom stereocenters. The predicted molar refractivity (Wildman–Crippen MR) is 139 cm³/mol. The third-order valence-electron chi connectivity index (χ3n) is 5.87. The van der Waals surface area contributed by atoms with E-state index in [4.69, 9.17) is 4.74 Å². The highest BCUT2D eigenvalue weighted by Gasteiger charge is 2.56. The van der Waals surface area contributed by atoms with Crippen LogP contribution in [0.5, 0.6) is 5.75 Å². The topological polar surface area (TPSA) is 53.9 Å². The highest BCUT2D eigenvalue weighted by atomic mass is 19.4. The van der Waals surface area contributed by atoms with Gasteiger partial charge in [0.05, 0.1) is 18.8 Å². The van der Waals surface area contributed by atoms with Crippen molar-refractivity contribution in [1.82, 2.24) is 0 Å². The first-order valence-corrected chi connectivity index (χ1v) is 12.1. The minimum atomic E-state index is -4.94. The van der Waals surface area contributed by atoms with E-state index in [2.05, 4.69) is 30.7 Å². The second-order valence-corrected chi connectivity index (χ2v) is 9.52. The molecule has 2 aromatic carbocycles. The number of aliphatic imine (C=N–C) groups is 1. The average Bonchev–Trinajstić information content (AvgIpc) is 3.25. The molecule has 1 atom stereocenters. The van der Waals surface area contributed by atoms with Crippen molar-refractivity contribution in [3.8, 4) is 5.75 Å². The number of ether oxygens (including phenoxy) is 1.